The zero-order valence-corrected chi connectivity index (χ0v) is 15.8. The number of benzene rings is 2. The van der Waals surface area contributed by atoms with Crippen LogP contribution >= 0.6 is 0 Å². The molecule has 0 saturated heterocycles. The van der Waals surface area contributed by atoms with Crippen molar-refractivity contribution >= 4 is 16.9 Å². The van der Waals surface area contributed by atoms with E-state index in [2.05, 4.69) is 5.10 Å². The lowest BCUT2D eigenvalue weighted by atomic mass is 9.98. The van der Waals surface area contributed by atoms with E-state index in [0.717, 1.165) is 29.3 Å². The van der Waals surface area contributed by atoms with Gasteiger partial charge in [0.2, 0.25) is 0 Å². The van der Waals surface area contributed by atoms with Crippen molar-refractivity contribution in [3.05, 3.63) is 65.9 Å². The minimum absolute atomic E-state index is 0.300. The fraction of sp³-hybridized carbons (Fsp3) is 0.364. The quantitative estimate of drug-likeness (QED) is 0.402. The third-order valence-corrected chi connectivity index (χ3v) is 4.67. The highest BCUT2D eigenvalue weighted by Crippen LogP contribution is 2.27. The van der Waals surface area contributed by atoms with Crippen molar-refractivity contribution in [2.75, 3.05) is 6.67 Å². The molecule has 2 aromatic carbocycles. The zero-order valence-electron chi connectivity index (χ0n) is 15.8. The summed E-state index contributed by atoms with van der Waals surface area (Å²) in [4.78, 5) is 12.9. The van der Waals surface area contributed by atoms with Gasteiger partial charge in [-0.05, 0) is 44.7 Å². The first-order valence-corrected chi connectivity index (χ1v) is 9.33. The predicted molar refractivity (Wildman–Crippen MR) is 104 cm³/mol. The number of para-hydroxylation sites is 1. The molecule has 0 N–H and O–H groups in total. The van der Waals surface area contributed by atoms with E-state index in [1.54, 1.807) is 0 Å². The number of rotatable bonds is 8. The number of fused-ring (bicyclic) bond motifs is 1. The lowest BCUT2D eigenvalue weighted by Crippen LogP contribution is -2.26. The summed E-state index contributed by atoms with van der Waals surface area (Å²) in [6.07, 6.45) is 2.17. The second kappa shape index (κ2) is 8.33. The summed E-state index contributed by atoms with van der Waals surface area (Å²) in [5, 5.41) is 5.29. The molecule has 5 heteroatoms. The number of unbranched alkanes of at least 4 members (excludes halogenated alkanes) is 2. The molecule has 1 heterocycles. The lowest BCUT2D eigenvalue weighted by molar-refractivity contribution is -0.00365. The average Bonchev–Trinajstić information content (AvgIpc) is 3.05. The Balaban J connectivity index is 1.84. The number of hydrogen-bond acceptors (Lipinski definition) is 3. The van der Waals surface area contributed by atoms with Gasteiger partial charge in [0, 0.05) is 11.9 Å². The van der Waals surface area contributed by atoms with Gasteiger partial charge in [-0.3, -0.25) is 9.07 Å². The molecule has 0 bridgehead atoms. The number of esters is 1. The maximum atomic E-state index is 12.9. The van der Waals surface area contributed by atoms with Crippen molar-refractivity contribution in [1.82, 2.24) is 9.78 Å². The summed E-state index contributed by atoms with van der Waals surface area (Å²) in [6.45, 7) is 4.09. The normalized spacial score (nSPS) is 11.7. The van der Waals surface area contributed by atoms with Gasteiger partial charge in [-0.25, -0.2) is 4.79 Å². The summed E-state index contributed by atoms with van der Waals surface area (Å²) in [5.74, 6) is -0.442. The minimum atomic E-state index is -0.760. The van der Waals surface area contributed by atoms with Crippen LogP contribution in [0.15, 0.2) is 54.6 Å². The largest absolute Gasteiger partial charge is 0.450 e. The molecule has 142 valence electrons. The van der Waals surface area contributed by atoms with E-state index < -0.39 is 11.6 Å². The molecule has 0 saturated carbocycles. The Morgan fingerprint density at radius 2 is 1.74 bits per heavy atom. The van der Waals surface area contributed by atoms with Crippen LogP contribution in [0.4, 0.5) is 4.39 Å². The summed E-state index contributed by atoms with van der Waals surface area (Å²) < 4.78 is 19.9. The third-order valence-electron chi connectivity index (χ3n) is 4.67. The highest BCUT2D eigenvalue weighted by molar-refractivity contribution is 6.02. The van der Waals surface area contributed by atoms with Crippen molar-refractivity contribution < 1.29 is 13.9 Å². The second-order valence-electron chi connectivity index (χ2n) is 7.10. The molecule has 0 atom stereocenters. The molecule has 0 spiro atoms. The van der Waals surface area contributed by atoms with Crippen LogP contribution < -0.4 is 0 Å². The van der Waals surface area contributed by atoms with Gasteiger partial charge in [0.05, 0.1) is 12.2 Å². The van der Waals surface area contributed by atoms with Gasteiger partial charge in [-0.15, -0.1) is 0 Å². The van der Waals surface area contributed by atoms with Crippen molar-refractivity contribution in [1.29, 1.82) is 0 Å². The molecule has 1 aromatic heterocycles. The van der Waals surface area contributed by atoms with E-state index in [1.165, 1.54) is 0 Å². The van der Waals surface area contributed by atoms with Crippen LogP contribution in [0.3, 0.4) is 0 Å². The SMILES string of the molecule is CC(C)(OC(=O)c1nn(CCCCCF)c2ccccc12)c1ccccc1. The molecular weight excluding hydrogens is 343 g/mol. The van der Waals surface area contributed by atoms with E-state index in [4.69, 9.17) is 4.74 Å². The molecule has 0 amide bonds. The first kappa shape index (κ1) is 19.1. The monoisotopic (exact) mass is 368 g/mol. The fourth-order valence-corrected chi connectivity index (χ4v) is 3.16. The van der Waals surface area contributed by atoms with Gasteiger partial charge in [-0.2, -0.15) is 5.10 Å². The standard InChI is InChI=1S/C22H25FN2O2/c1-22(2,17-11-5-3-6-12-17)27-21(26)20-18-13-7-8-14-19(18)25(24-20)16-10-4-9-15-23/h3,5-8,11-14H,4,9-10,15-16H2,1-2H3. The van der Waals surface area contributed by atoms with Crippen molar-refractivity contribution in [3.63, 3.8) is 0 Å². The Hall–Kier alpha value is -2.69. The summed E-state index contributed by atoms with van der Waals surface area (Å²) >= 11 is 0. The number of alkyl halides is 1. The van der Waals surface area contributed by atoms with Gasteiger partial charge < -0.3 is 4.74 Å². The maximum absolute atomic E-state index is 12.9. The van der Waals surface area contributed by atoms with E-state index in [-0.39, 0.29) is 6.67 Å². The first-order valence-electron chi connectivity index (χ1n) is 9.33. The number of halogens is 1. The van der Waals surface area contributed by atoms with Gasteiger partial charge in [0.1, 0.15) is 5.60 Å². The van der Waals surface area contributed by atoms with E-state index in [0.29, 0.717) is 18.7 Å². The number of aryl methyl sites for hydroxylation is 1. The molecular formula is C22H25FN2O2. The van der Waals surface area contributed by atoms with Gasteiger partial charge in [0.25, 0.3) is 0 Å². The molecule has 3 aromatic rings. The molecule has 0 radical (unpaired) electrons. The summed E-state index contributed by atoms with van der Waals surface area (Å²) in [5.41, 5.74) is 1.38. The van der Waals surface area contributed by atoms with Gasteiger partial charge in [-0.1, -0.05) is 48.5 Å². The number of ether oxygens (including phenoxy) is 1. The van der Waals surface area contributed by atoms with Crippen molar-refractivity contribution in [2.45, 2.75) is 45.3 Å². The van der Waals surface area contributed by atoms with E-state index >= 15 is 0 Å². The van der Waals surface area contributed by atoms with Crippen LogP contribution in [-0.2, 0) is 16.9 Å². The molecule has 0 fully saturated rings. The van der Waals surface area contributed by atoms with Crippen LogP contribution in [0, 0.1) is 0 Å². The van der Waals surface area contributed by atoms with E-state index in [1.807, 2.05) is 73.1 Å². The minimum Gasteiger partial charge on any atom is -0.450 e. The van der Waals surface area contributed by atoms with Gasteiger partial charge in [0.15, 0.2) is 5.69 Å². The maximum Gasteiger partial charge on any atom is 0.360 e. The molecule has 27 heavy (non-hydrogen) atoms. The van der Waals surface area contributed by atoms with Crippen molar-refractivity contribution in [3.8, 4) is 0 Å². The summed E-state index contributed by atoms with van der Waals surface area (Å²) in [7, 11) is 0. The van der Waals surface area contributed by atoms with Gasteiger partial charge >= 0.3 is 5.97 Å². The number of carbonyl (C=O) groups excluding carboxylic acids is 1. The predicted octanol–water partition coefficient (Wildman–Crippen LogP) is 5.27. The topological polar surface area (TPSA) is 44.1 Å². The van der Waals surface area contributed by atoms with Crippen LogP contribution in [0.5, 0.6) is 0 Å². The molecule has 0 unspecified atom stereocenters. The zero-order chi connectivity index (χ0) is 19.3. The fourth-order valence-electron chi connectivity index (χ4n) is 3.16. The molecule has 0 aliphatic heterocycles. The van der Waals surface area contributed by atoms with Crippen LogP contribution in [0.1, 0.15) is 49.2 Å². The Kier molecular flexibility index (Phi) is 5.89. The Labute approximate surface area is 159 Å². The molecule has 0 aliphatic carbocycles. The average molecular weight is 368 g/mol. The second-order valence-corrected chi connectivity index (χ2v) is 7.10. The highest BCUT2D eigenvalue weighted by atomic mass is 19.1. The van der Waals surface area contributed by atoms with Crippen LogP contribution in [-0.4, -0.2) is 22.4 Å². The smallest absolute Gasteiger partial charge is 0.360 e. The van der Waals surface area contributed by atoms with Crippen LogP contribution in [0.25, 0.3) is 10.9 Å². The Bertz CT molecular complexity index is 903. The Morgan fingerprint density at radius 1 is 1.04 bits per heavy atom. The lowest BCUT2D eigenvalue weighted by Gasteiger charge is -2.25. The number of carbonyl (C=O) groups is 1. The highest BCUT2D eigenvalue weighted by Gasteiger charge is 2.28. The molecule has 3 rings (SSSR count). The van der Waals surface area contributed by atoms with Crippen molar-refractivity contribution in [2.24, 2.45) is 0 Å². The number of hydrogen-bond donors (Lipinski definition) is 0. The third kappa shape index (κ3) is 4.35. The Morgan fingerprint density at radius 3 is 2.48 bits per heavy atom. The first-order chi connectivity index (χ1) is 13.0. The number of nitrogens with zero attached hydrogens (tertiary/aromatic N) is 2. The number of aromatic nitrogens is 2. The van der Waals surface area contributed by atoms with Crippen LogP contribution in [0.2, 0.25) is 0 Å². The molecule has 4 nitrogen and oxygen atoms in total. The van der Waals surface area contributed by atoms with E-state index in [9.17, 15) is 9.18 Å². The molecule has 0 aliphatic rings. The summed E-state index contributed by atoms with van der Waals surface area (Å²) in [6, 6.07) is 17.3.